The van der Waals surface area contributed by atoms with Crippen LogP contribution in [0.4, 0.5) is 4.39 Å². The van der Waals surface area contributed by atoms with E-state index in [-0.39, 0.29) is 11.9 Å². The second-order valence-corrected chi connectivity index (χ2v) is 3.73. The Bertz CT molecular complexity index is 580. The zero-order chi connectivity index (χ0) is 12.4. The van der Waals surface area contributed by atoms with Crippen molar-refractivity contribution in [3.8, 4) is 11.8 Å². The van der Waals surface area contributed by atoms with E-state index in [1.54, 1.807) is 25.3 Å². The first kappa shape index (κ1) is 11.3. The molecule has 1 aromatic carbocycles. The average Bonchev–Trinajstić information content (AvgIpc) is 2.76. The summed E-state index contributed by atoms with van der Waals surface area (Å²) in [5.41, 5.74) is 6.68. The molecule has 4 nitrogen and oxygen atoms in total. The van der Waals surface area contributed by atoms with Crippen LogP contribution in [0.25, 0.3) is 5.69 Å². The summed E-state index contributed by atoms with van der Waals surface area (Å²) < 4.78 is 15.3. The second-order valence-electron chi connectivity index (χ2n) is 3.73. The van der Waals surface area contributed by atoms with Crippen molar-refractivity contribution in [2.45, 2.75) is 13.0 Å². The van der Waals surface area contributed by atoms with Crippen LogP contribution in [0.1, 0.15) is 24.4 Å². The SMILES string of the molecule is CC(N)c1ccc(-n2ccnc2C#N)c(F)c1. The van der Waals surface area contributed by atoms with Gasteiger partial charge in [0.25, 0.3) is 0 Å². The third-order valence-electron chi connectivity index (χ3n) is 2.50. The molecule has 2 N–H and O–H groups in total. The monoisotopic (exact) mass is 230 g/mol. The number of halogens is 1. The van der Waals surface area contributed by atoms with E-state index in [1.807, 2.05) is 6.07 Å². The van der Waals surface area contributed by atoms with Gasteiger partial charge in [-0.2, -0.15) is 5.26 Å². The van der Waals surface area contributed by atoms with E-state index in [2.05, 4.69) is 4.98 Å². The molecule has 0 aliphatic carbocycles. The molecule has 0 bridgehead atoms. The molecule has 1 atom stereocenters. The van der Waals surface area contributed by atoms with Crippen molar-refractivity contribution in [2.75, 3.05) is 0 Å². The van der Waals surface area contributed by atoms with Crippen LogP contribution >= 0.6 is 0 Å². The lowest BCUT2D eigenvalue weighted by Gasteiger charge is -2.09. The minimum Gasteiger partial charge on any atom is -0.324 e. The number of nitrogens with zero attached hydrogens (tertiary/aromatic N) is 3. The van der Waals surface area contributed by atoms with Crippen LogP contribution in [0, 0.1) is 17.1 Å². The highest BCUT2D eigenvalue weighted by atomic mass is 19.1. The molecule has 0 aliphatic rings. The maximum Gasteiger partial charge on any atom is 0.217 e. The number of hydrogen-bond acceptors (Lipinski definition) is 3. The molecule has 5 heteroatoms. The molecule has 1 heterocycles. The summed E-state index contributed by atoms with van der Waals surface area (Å²) in [5.74, 6) is -0.272. The number of hydrogen-bond donors (Lipinski definition) is 1. The van der Waals surface area contributed by atoms with Gasteiger partial charge in [-0.25, -0.2) is 9.37 Å². The molecule has 0 aliphatic heterocycles. The highest BCUT2D eigenvalue weighted by molar-refractivity contribution is 5.40. The summed E-state index contributed by atoms with van der Waals surface area (Å²) in [7, 11) is 0. The Morgan fingerprint density at radius 3 is 2.88 bits per heavy atom. The first-order valence-corrected chi connectivity index (χ1v) is 5.12. The van der Waals surface area contributed by atoms with Crippen molar-refractivity contribution in [3.63, 3.8) is 0 Å². The van der Waals surface area contributed by atoms with Gasteiger partial charge < -0.3 is 5.73 Å². The Hall–Kier alpha value is -2.19. The Morgan fingerprint density at radius 2 is 2.29 bits per heavy atom. The summed E-state index contributed by atoms with van der Waals surface area (Å²) >= 11 is 0. The highest BCUT2D eigenvalue weighted by Gasteiger charge is 2.10. The van der Waals surface area contributed by atoms with Gasteiger partial charge in [-0.15, -0.1) is 0 Å². The number of benzene rings is 1. The molecule has 86 valence electrons. The fourth-order valence-corrected chi connectivity index (χ4v) is 1.58. The number of nitrogens with two attached hydrogens (primary N) is 1. The van der Waals surface area contributed by atoms with Crippen LogP contribution in [0.5, 0.6) is 0 Å². The molecule has 0 radical (unpaired) electrons. The highest BCUT2D eigenvalue weighted by Crippen LogP contribution is 2.19. The zero-order valence-electron chi connectivity index (χ0n) is 9.26. The lowest BCUT2D eigenvalue weighted by molar-refractivity contribution is 0.612. The minimum absolute atomic E-state index is 0.150. The van der Waals surface area contributed by atoms with Crippen LogP contribution in [-0.2, 0) is 0 Å². The molecule has 2 rings (SSSR count). The standard InChI is InChI=1S/C12H11FN4/c1-8(15)9-2-3-11(10(13)6-9)17-5-4-16-12(17)7-14/h2-6,8H,15H2,1H3. The van der Waals surface area contributed by atoms with Gasteiger partial charge in [0, 0.05) is 18.4 Å². The Labute approximate surface area is 98.1 Å². The number of aromatic nitrogens is 2. The van der Waals surface area contributed by atoms with Crippen molar-refractivity contribution in [1.29, 1.82) is 5.26 Å². The van der Waals surface area contributed by atoms with Crippen LogP contribution in [0.3, 0.4) is 0 Å². The van der Waals surface area contributed by atoms with Gasteiger partial charge in [0.1, 0.15) is 11.9 Å². The molecule has 1 unspecified atom stereocenters. The Kier molecular flexibility index (Phi) is 2.90. The average molecular weight is 230 g/mol. The zero-order valence-corrected chi connectivity index (χ0v) is 9.26. The predicted molar refractivity (Wildman–Crippen MR) is 60.8 cm³/mol. The maximum absolute atomic E-state index is 13.9. The fourth-order valence-electron chi connectivity index (χ4n) is 1.58. The molecule has 0 spiro atoms. The van der Waals surface area contributed by atoms with Crippen molar-refractivity contribution in [3.05, 3.63) is 47.8 Å². The van der Waals surface area contributed by atoms with E-state index >= 15 is 0 Å². The maximum atomic E-state index is 13.9. The number of nitriles is 1. The molecule has 0 saturated heterocycles. The predicted octanol–water partition coefficient (Wildman–Crippen LogP) is 1.90. The largest absolute Gasteiger partial charge is 0.324 e. The lowest BCUT2D eigenvalue weighted by Crippen LogP contribution is -2.07. The molecule has 0 saturated carbocycles. The van der Waals surface area contributed by atoms with Gasteiger partial charge in [-0.1, -0.05) is 6.07 Å². The van der Waals surface area contributed by atoms with Crippen molar-refractivity contribution >= 4 is 0 Å². The van der Waals surface area contributed by atoms with E-state index in [1.165, 1.54) is 16.8 Å². The molecule has 2 aromatic rings. The quantitative estimate of drug-likeness (QED) is 0.856. The van der Waals surface area contributed by atoms with E-state index in [4.69, 9.17) is 11.0 Å². The number of imidazole rings is 1. The summed E-state index contributed by atoms with van der Waals surface area (Å²) in [5, 5.41) is 8.83. The van der Waals surface area contributed by atoms with Crippen LogP contribution in [-0.4, -0.2) is 9.55 Å². The summed E-state index contributed by atoms with van der Waals surface area (Å²) in [6, 6.07) is 6.38. The first-order valence-electron chi connectivity index (χ1n) is 5.12. The van der Waals surface area contributed by atoms with Crippen LogP contribution in [0.15, 0.2) is 30.6 Å². The Morgan fingerprint density at radius 1 is 1.53 bits per heavy atom. The van der Waals surface area contributed by atoms with Gasteiger partial charge in [0.2, 0.25) is 5.82 Å². The molecule has 0 amide bonds. The first-order chi connectivity index (χ1) is 8.13. The van der Waals surface area contributed by atoms with E-state index in [0.717, 1.165) is 0 Å². The summed E-state index contributed by atoms with van der Waals surface area (Å²) in [6.45, 7) is 1.78. The van der Waals surface area contributed by atoms with E-state index < -0.39 is 5.82 Å². The number of rotatable bonds is 2. The van der Waals surface area contributed by atoms with Gasteiger partial charge in [-0.05, 0) is 24.6 Å². The van der Waals surface area contributed by atoms with Gasteiger partial charge >= 0.3 is 0 Å². The lowest BCUT2D eigenvalue weighted by atomic mass is 10.1. The summed E-state index contributed by atoms with van der Waals surface area (Å²) in [4.78, 5) is 3.82. The summed E-state index contributed by atoms with van der Waals surface area (Å²) in [6.07, 6.45) is 3.00. The van der Waals surface area contributed by atoms with Crippen molar-refractivity contribution < 1.29 is 4.39 Å². The van der Waals surface area contributed by atoms with Gasteiger partial charge in [0.15, 0.2) is 0 Å². The smallest absolute Gasteiger partial charge is 0.217 e. The fraction of sp³-hybridized carbons (Fsp3) is 0.167. The van der Waals surface area contributed by atoms with Crippen LogP contribution < -0.4 is 5.73 Å². The molecule has 17 heavy (non-hydrogen) atoms. The second kappa shape index (κ2) is 4.36. The molecular formula is C12H11FN4. The Balaban J connectivity index is 2.51. The minimum atomic E-state index is -0.422. The molecular weight excluding hydrogens is 219 g/mol. The van der Waals surface area contributed by atoms with Crippen molar-refractivity contribution in [2.24, 2.45) is 5.73 Å². The molecule has 1 aromatic heterocycles. The molecule has 0 fully saturated rings. The van der Waals surface area contributed by atoms with Gasteiger partial charge in [0.05, 0.1) is 5.69 Å². The normalized spacial score (nSPS) is 12.1. The van der Waals surface area contributed by atoms with E-state index in [9.17, 15) is 4.39 Å². The third-order valence-corrected chi connectivity index (χ3v) is 2.50. The van der Waals surface area contributed by atoms with Crippen molar-refractivity contribution in [1.82, 2.24) is 9.55 Å². The topological polar surface area (TPSA) is 67.6 Å². The van der Waals surface area contributed by atoms with Crippen LogP contribution in [0.2, 0.25) is 0 Å². The third kappa shape index (κ3) is 2.03. The van der Waals surface area contributed by atoms with Gasteiger partial charge in [-0.3, -0.25) is 4.57 Å². The van der Waals surface area contributed by atoms with E-state index in [0.29, 0.717) is 11.3 Å².